The van der Waals surface area contributed by atoms with Crippen LogP contribution in [0.15, 0.2) is 77.3 Å². The molecule has 0 fully saturated rings. The Morgan fingerprint density at radius 2 is 1.77 bits per heavy atom. The fraction of sp³-hybridized carbons (Fsp3) is 0.233. The van der Waals surface area contributed by atoms with Gasteiger partial charge in [0.05, 0.1) is 35.4 Å². The minimum atomic E-state index is -1.30. The fourth-order valence-electron chi connectivity index (χ4n) is 4.10. The number of carboxylic acid groups (broad SMARTS) is 1. The number of amides is 1. The summed E-state index contributed by atoms with van der Waals surface area (Å²) in [7, 11) is 0. The van der Waals surface area contributed by atoms with Crippen molar-refractivity contribution in [3.05, 3.63) is 100 Å². The van der Waals surface area contributed by atoms with Gasteiger partial charge in [-0.3, -0.25) is 4.79 Å². The van der Waals surface area contributed by atoms with Gasteiger partial charge in [0.2, 0.25) is 5.89 Å². The number of oxazole rings is 1. The molecule has 7 nitrogen and oxygen atoms in total. The number of nitrogens with one attached hydrogen (secondary N) is 1. The van der Waals surface area contributed by atoms with Gasteiger partial charge < -0.3 is 24.4 Å². The third-order valence-electron chi connectivity index (χ3n) is 6.14. The molecule has 3 aromatic carbocycles. The van der Waals surface area contributed by atoms with Crippen LogP contribution in [0.5, 0.6) is 0 Å². The number of carboxylic acids is 1. The molecule has 0 unspecified atom stereocenters. The second-order valence-corrected chi connectivity index (χ2v) is 10.3. The summed E-state index contributed by atoms with van der Waals surface area (Å²) in [5.41, 5.74) is 4.47. The van der Waals surface area contributed by atoms with Crippen LogP contribution in [0.25, 0.3) is 22.6 Å². The second-order valence-electron chi connectivity index (χ2n) is 8.93. The minimum Gasteiger partial charge on any atom is -0.548 e. The molecule has 0 radical (unpaired) electrons. The molecular formula is C30H28ClLiN2O5S. The van der Waals surface area contributed by atoms with Crippen LogP contribution in [0, 0.1) is 6.92 Å². The van der Waals surface area contributed by atoms with Crippen molar-refractivity contribution in [2.45, 2.75) is 32.6 Å². The molecule has 0 saturated heterocycles. The Morgan fingerprint density at radius 1 is 1.05 bits per heavy atom. The van der Waals surface area contributed by atoms with E-state index in [1.54, 1.807) is 24.4 Å². The predicted molar refractivity (Wildman–Crippen MR) is 151 cm³/mol. The number of rotatable bonds is 12. The summed E-state index contributed by atoms with van der Waals surface area (Å²) in [6.45, 7) is 2.42. The summed E-state index contributed by atoms with van der Waals surface area (Å²) in [6.07, 6.45) is 3.77. The third-order valence-corrected chi connectivity index (χ3v) is 7.11. The first-order chi connectivity index (χ1) is 18.9. The van der Waals surface area contributed by atoms with Crippen molar-refractivity contribution in [3.8, 4) is 22.6 Å². The molecule has 1 N–H and O–H groups in total. The Hall–Kier alpha value is -2.99. The minimum absolute atomic E-state index is 0. The molecule has 0 saturated carbocycles. The molecule has 4 rings (SSSR count). The van der Waals surface area contributed by atoms with E-state index in [1.807, 2.05) is 61.7 Å². The molecule has 202 valence electrons. The molecule has 0 spiro atoms. The fourth-order valence-corrected chi connectivity index (χ4v) is 4.79. The maximum Gasteiger partial charge on any atom is 1.00 e. The maximum atomic E-state index is 13.2. The smallest absolute Gasteiger partial charge is 0.548 e. The average Bonchev–Trinajstić information content (AvgIpc) is 3.40. The Morgan fingerprint density at radius 3 is 2.48 bits per heavy atom. The molecule has 1 heterocycles. The molecule has 1 aromatic heterocycles. The predicted octanol–water partition coefficient (Wildman–Crippen LogP) is 2.29. The number of thioether (sulfide) groups is 1. The SMILES string of the molecule is CSCC[C@H](NC(=O)c1ccc(COCc2cnc(-c3ccccc3Cl)o2)cc1-c1ccccc1C)C(=O)[O-].[Li+]. The van der Waals surface area contributed by atoms with Gasteiger partial charge >= 0.3 is 18.9 Å². The van der Waals surface area contributed by atoms with Gasteiger partial charge in [-0.15, -0.1) is 0 Å². The van der Waals surface area contributed by atoms with Gasteiger partial charge in [-0.1, -0.05) is 54.1 Å². The average molecular weight is 571 g/mol. The number of aromatic nitrogens is 1. The number of nitrogens with zero attached hydrogens (tertiary/aromatic N) is 1. The summed E-state index contributed by atoms with van der Waals surface area (Å²) < 4.78 is 11.7. The van der Waals surface area contributed by atoms with Crippen LogP contribution in [0.4, 0.5) is 0 Å². The number of aliphatic carboxylic acids is 1. The Kier molecular flexibility index (Phi) is 11.9. The Balaban J connectivity index is 0.00000441. The number of carbonyl (C=O) groups excluding carboxylic acids is 2. The van der Waals surface area contributed by atoms with Crippen molar-refractivity contribution in [2.75, 3.05) is 12.0 Å². The molecule has 0 aliphatic carbocycles. The van der Waals surface area contributed by atoms with E-state index in [0.29, 0.717) is 39.1 Å². The molecule has 40 heavy (non-hydrogen) atoms. The molecule has 1 amide bonds. The first kappa shape index (κ1) is 31.5. The number of carbonyl (C=O) groups is 2. The van der Waals surface area contributed by atoms with Gasteiger partial charge in [0.25, 0.3) is 5.91 Å². The van der Waals surface area contributed by atoms with Crippen molar-refractivity contribution < 1.29 is 42.7 Å². The first-order valence-corrected chi connectivity index (χ1v) is 14.1. The van der Waals surface area contributed by atoms with E-state index in [4.69, 9.17) is 20.8 Å². The van der Waals surface area contributed by atoms with Gasteiger partial charge in [0.1, 0.15) is 6.61 Å². The van der Waals surface area contributed by atoms with Gasteiger partial charge in [-0.2, -0.15) is 11.8 Å². The van der Waals surface area contributed by atoms with Crippen molar-refractivity contribution in [1.29, 1.82) is 0 Å². The monoisotopic (exact) mass is 570 g/mol. The largest absolute Gasteiger partial charge is 1.00 e. The van der Waals surface area contributed by atoms with Crippen molar-refractivity contribution >= 4 is 35.2 Å². The molecule has 0 aliphatic heterocycles. The van der Waals surface area contributed by atoms with Gasteiger partial charge in [0.15, 0.2) is 5.76 Å². The van der Waals surface area contributed by atoms with Crippen molar-refractivity contribution in [3.63, 3.8) is 0 Å². The van der Waals surface area contributed by atoms with Gasteiger partial charge in [-0.25, -0.2) is 4.98 Å². The number of ether oxygens (including phenoxy) is 1. The zero-order valence-electron chi connectivity index (χ0n) is 22.6. The standard InChI is InChI=1S/C30H29ClN2O5S.Li/c1-19-7-3-4-8-22(19)25-15-20(11-12-23(25)28(34)33-27(30(35)36)13-14-39-2)17-37-18-21-16-32-29(38-21)24-9-5-6-10-26(24)31;/h3-12,15-16,27H,13-14,17-18H2,1-2H3,(H,33,34)(H,35,36);/q;+1/p-1/t27-;/m0./s1. The van der Waals surface area contributed by atoms with E-state index in [0.717, 1.165) is 16.7 Å². The number of halogens is 1. The van der Waals surface area contributed by atoms with Crippen LogP contribution >= 0.6 is 23.4 Å². The number of aryl methyl sites for hydroxylation is 1. The zero-order chi connectivity index (χ0) is 27.8. The van der Waals surface area contributed by atoms with Crippen LogP contribution in [0.3, 0.4) is 0 Å². The van der Waals surface area contributed by atoms with E-state index in [9.17, 15) is 14.7 Å². The van der Waals surface area contributed by atoms with Gasteiger partial charge in [0, 0.05) is 5.56 Å². The van der Waals surface area contributed by atoms with E-state index in [-0.39, 0.29) is 38.5 Å². The third kappa shape index (κ3) is 8.03. The normalized spacial score (nSPS) is 11.5. The van der Waals surface area contributed by atoms with Crippen LogP contribution < -0.4 is 29.3 Å². The molecule has 1 atom stereocenters. The van der Waals surface area contributed by atoms with Gasteiger partial charge in [-0.05, 0) is 71.9 Å². The van der Waals surface area contributed by atoms with Crippen molar-refractivity contribution in [1.82, 2.24) is 10.3 Å². The van der Waals surface area contributed by atoms with Crippen molar-refractivity contribution in [2.24, 2.45) is 0 Å². The van der Waals surface area contributed by atoms with E-state index in [2.05, 4.69) is 10.3 Å². The number of hydrogen-bond acceptors (Lipinski definition) is 7. The number of benzene rings is 3. The molecule has 0 bridgehead atoms. The topological polar surface area (TPSA) is 104 Å². The summed E-state index contributed by atoms with van der Waals surface area (Å²) in [5.74, 6) is -0.206. The Bertz CT molecular complexity index is 1460. The zero-order valence-corrected chi connectivity index (χ0v) is 24.2. The molecular weight excluding hydrogens is 543 g/mol. The first-order valence-electron chi connectivity index (χ1n) is 12.3. The maximum absolute atomic E-state index is 13.2. The molecule has 10 heteroatoms. The van der Waals surface area contributed by atoms with Crippen LogP contribution in [-0.2, 0) is 22.7 Å². The van der Waals surface area contributed by atoms with Crippen LogP contribution in [0.1, 0.15) is 33.7 Å². The number of hydrogen-bond donors (Lipinski definition) is 1. The van der Waals surface area contributed by atoms with Crippen LogP contribution in [0.2, 0.25) is 5.02 Å². The summed E-state index contributed by atoms with van der Waals surface area (Å²) >= 11 is 7.74. The Labute approximate surface area is 254 Å². The quantitative estimate of drug-likeness (QED) is 0.261. The summed E-state index contributed by atoms with van der Waals surface area (Å²) in [6, 6.07) is 19.3. The van der Waals surface area contributed by atoms with E-state index >= 15 is 0 Å². The molecule has 0 aliphatic rings. The summed E-state index contributed by atoms with van der Waals surface area (Å²) in [4.78, 5) is 29.1. The summed E-state index contributed by atoms with van der Waals surface area (Å²) in [5, 5.41) is 14.8. The molecule has 4 aromatic rings. The second kappa shape index (κ2) is 15.1. The van der Waals surface area contributed by atoms with Crippen LogP contribution in [-0.4, -0.2) is 34.9 Å². The van der Waals surface area contributed by atoms with E-state index in [1.165, 1.54) is 11.8 Å². The van der Waals surface area contributed by atoms with E-state index < -0.39 is 17.9 Å².